The Kier molecular flexibility index (Phi) is 7.11. The van der Waals surface area contributed by atoms with Crippen molar-refractivity contribution in [2.45, 2.75) is 26.1 Å². The number of morpholine rings is 1. The first-order valence-electron chi connectivity index (χ1n) is 10.4. The summed E-state index contributed by atoms with van der Waals surface area (Å²) in [5.74, 6) is -0.0950. The second kappa shape index (κ2) is 10.2. The highest BCUT2D eigenvalue weighted by atomic mass is 79.9. The van der Waals surface area contributed by atoms with Crippen LogP contribution in [-0.4, -0.2) is 46.7 Å². The number of rotatable bonds is 7. The maximum Gasteiger partial charge on any atom is 0.261 e. The Labute approximate surface area is 189 Å². The van der Waals surface area contributed by atoms with Crippen molar-refractivity contribution in [2.75, 3.05) is 26.3 Å². The van der Waals surface area contributed by atoms with Crippen molar-refractivity contribution in [3.05, 3.63) is 74.7 Å². The molecule has 2 aromatic carbocycles. The number of aromatic nitrogens is 2. The lowest BCUT2D eigenvalue weighted by atomic mass is 10.1. The molecule has 1 fully saturated rings. The third-order valence-electron chi connectivity index (χ3n) is 5.46. The molecule has 1 aliphatic heterocycles. The van der Waals surface area contributed by atoms with E-state index >= 15 is 0 Å². The molecule has 0 saturated carbocycles. The van der Waals surface area contributed by atoms with Crippen LogP contribution < -0.4 is 10.9 Å². The minimum atomic E-state index is -0.144. The number of fused-ring (bicyclic) bond motifs is 1. The first kappa shape index (κ1) is 21.7. The molecule has 8 heteroatoms. The van der Waals surface area contributed by atoms with Crippen LogP contribution in [0.1, 0.15) is 17.5 Å². The van der Waals surface area contributed by atoms with E-state index in [1.807, 2.05) is 24.3 Å². The molecule has 1 saturated heterocycles. The number of hydrogen-bond donors (Lipinski definition) is 1. The smallest absolute Gasteiger partial charge is 0.261 e. The van der Waals surface area contributed by atoms with Crippen LogP contribution in [0.2, 0.25) is 0 Å². The van der Waals surface area contributed by atoms with Gasteiger partial charge in [0, 0.05) is 43.6 Å². The molecule has 0 unspecified atom stereocenters. The number of nitrogens with zero attached hydrogens (tertiary/aromatic N) is 3. The van der Waals surface area contributed by atoms with Gasteiger partial charge in [0.05, 0.1) is 30.4 Å². The molecule has 1 aromatic heterocycles. The Balaban J connectivity index is 1.34. The van der Waals surface area contributed by atoms with Gasteiger partial charge in [-0.25, -0.2) is 4.98 Å². The average Bonchev–Trinajstić information content (AvgIpc) is 2.79. The highest BCUT2D eigenvalue weighted by Crippen LogP contribution is 2.15. The van der Waals surface area contributed by atoms with Crippen LogP contribution in [0.25, 0.3) is 10.9 Å². The summed E-state index contributed by atoms with van der Waals surface area (Å²) >= 11 is 3.38. The van der Waals surface area contributed by atoms with Crippen molar-refractivity contribution in [1.29, 1.82) is 0 Å². The van der Waals surface area contributed by atoms with E-state index in [9.17, 15) is 9.59 Å². The highest BCUT2D eigenvalue weighted by molar-refractivity contribution is 9.10. The largest absolute Gasteiger partial charge is 0.379 e. The standard InChI is InChI=1S/C23H25BrN4O3/c24-19-5-6-21-20(13-19)23(30)28(16-26-21)8-7-22(29)25-14-17-3-1-2-4-18(17)15-27-9-11-31-12-10-27/h1-6,13,16H,7-12,14-15H2,(H,25,29). The van der Waals surface area contributed by atoms with Crippen molar-refractivity contribution in [1.82, 2.24) is 19.8 Å². The van der Waals surface area contributed by atoms with Crippen LogP contribution in [0.3, 0.4) is 0 Å². The minimum Gasteiger partial charge on any atom is -0.379 e. The van der Waals surface area contributed by atoms with Gasteiger partial charge in [0.2, 0.25) is 5.91 Å². The van der Waals surface area contributed by atoms with E-state index in [1.54, 1.807) is 12.1 Å². The monoisotopic (exact) mass is 484 g/mol. The van der Waals surface area contributed by atoms with Crippen molar-refractivity contribution in [3.8, 4) is 0 Å². The Hall–Kier alpha value is -2.55. The number of carbonyl (C=O) groups excluding carboxylic acids is 1. The molecule has 3 aromatic rings. The number of nitrogens with one attached hydrogen (secondary N) is 1. The SMILES string of the molecule is O=C(CCn1cnc2ccc(Br)cc2c1=O)NCc1ccccc1CN1CCOCC1. The maximum atomic E-state index is 12.7. The fraction of sp³-hybridized carbons (Fsp3) is 0.348. The number of halogens is 1. The van der Waals surface area contributed by atoms with Crippen LogP contribution in [0, 0.1) is 0 Å². The molecule has 31 heavy (non-hydrogen) atoms. The fourth-order valence-corrected chi connectivity index (χ4v) is 4.04. The molecule has 2 heterocycles. The lowest BCUT2D eigenvalue weighted by molar-refractivity contribution is -0.121. The Morgan fingerprint density at radius 3 is 2.71 bits per heavy atom. The van der Waals surface area contributed by atoms with E-state index in [0.29, 0.717) is 17.4 Å². The molecule has 1 aliphatic rings. The molecular weight excluding hydrogens is 460 g/mol. The normalized spacial score (nSPS) is 14.6. The van der Waals surface area contributed by atoms with Gasteiger partial charge in [0.25, 0.3) is 5.56 Å². The number of aryl methyl sites for hydroxylation is 1. The summed E-state index contributed by atoms with van der Waals surface area (Å²) < 4.78 is 7.73. The van der Waals surface area contributed by atoms with Gasteiger partial charge >= 0.3 is 0 Å². The first-order valence-corrected chi connectivity index (χ1v) is 11.2. The van der Waals surface area contributed by atoms with Crippen LogP contribution >= 0.6 is 15.9 Å². The van der Waals surface area contributed by atoms with E-state index in [1.165, 1.54) is 16.5 Å². The predicted molar refractivity (Wildman–Crippen MR) is 123 cm³/mol. The van der Waals surface area contributed by atoms with Gasteiger partial charge in [-0.05, 0) is 29.3 Å². The van der Waals surface area contributed by atoms with Gasteiger partial charge in [-0.3, -0.25) is 19.1 Å². The second-order valence-electron chi connectivity index (χ2n) is 7.59. The summed E-state index contributed by atoms with van der Waals surface area (Å²) in [7, 11) is 0. The molecule has 4 rings (SSSR count). The molecule has 1 amide bonds. The summed E-state index contributed by atoms with van der Waals surface area (Å²) in [6.07, 6.45) is 1.72. The number of ether oxygens (including phenoxy) is 1. The lowest BCUT2D eigenvalue weighted by Crippen LogP contribution is -2.36. The molecule has 0 radical (unpaired) electrons. The molecular formula is C23H25BrN4O3. The summed E-state index contributed by atoms with van der Waals surface area (Å²) in [5, 5.41) is 3.52. The zero-order chi connectivity index (χ0) is 21.6. The van der Waals surface area contributed by atoms with Gasteiger partial charge in [-0.2, -0.15) is 0 Å². The minimum absolute atomic E-state index is 0.0950. The Morgan fingerprint density at radius 1 is 1.13 bits per heavy atom. The third-order valence-corrected chi connectivity index (χ3v) is 5.95. The zero-order valence-corrected chi connectivity index (χ0v) is 18.8. The summed E-state index contributed by atoms with van der Waals surface area (Å²) in [6.45, 7) is 4.98. The topological polar surface area (TPSA) is 76.5 Å². The van der Waals surface area contributed by atoms with Crippen LogP contribution in [-0.2, 0) is 29.2 Å². The van der Waals surface area contributed by atoms with E-state index in [-0.39, 0.29) is 24.4 Å². The van der Waals surface area contributed by atoms with Crippen molar-refractivity contribution in [3.63, 3.8) is 0 Å². The van der Waals surface area contributed by atoms with E-state index in [2.05, 4.69) is 37.2 Å². The van der Waals surface area contributed by atoms with E-state index in [4.69, 9.17) is 4.74 Å². The van der Waals surface area contributed by atoms with Gasteiger partial charge in [-0.15, -0.1) is 0 Å². The van der Waals surface area contributed by atoms with Gasteiger partial charge in [0.1, 0.15) is 0 Å². The van der Waals surface area contributed by atoms with Crippen LogP contribution in [0.15, 0.2) is 58.1 Å². The van der Waals surface area contributed by atoms with Crippen molar-refractivity contribution < 1.29 is 9.53 Å². The molecule has 0 aliphatic carbocycles. The number of amides is 1. The highest BCUT2D eigenvalue weighted by Gasteiger charge is 2.13. The first-order chi connectivity index (χ1) is 15.1. The van der Waals surface area contributed by atoms with E-state index in [0.717, 1.165) is 42.9 Å². The lowest BCUT2D eigenvalue weighted by Gasteiger charge is -2.27. The fourth-order valence-electron chi connectivity index (χ4n) is 3.68. The Morgan fingerprint density at radius 2 is 1.90 bits per heavy atom. The molecule has 0 bridgehead atoms. The Bertz CT molecular complexity index is 1130. The van der Waals surface area contributed by atoms with Crippen LogP contribution in [0.5, 0.6) is 0 Å². The predicted octanol–water partition coefficient (Wildman–Crippen LogP) is 2.70. The van der Waals surface area contributed by atoms with Crippen molar-refractivity contribution >= 4 is 32.7 Å². The van der Waals surface area contributed by atoms with Crippen LogP contribution in [0.4, 0.5) is 0 Å². The summed E-state index contributed by atoms with van der Waals surface area (Å²) in [4.78, 5) is 31.8. The number of hydrogen-bond acceptors (Lipinski definition) is 5. The quantitative estimate of drug-likeness (QED) is 0.557. The van der Waals surface area contributed by atoms with E-state index < -0.39 is 0 Å². The maximum absolute atomic E-state index is 12.7. The van der Waals surface area contributed by atoms with Gasteiger partial charge < -0.3 is 10.1 Å². The summed E-state index contributed by atoms with van der Waals surface area (Å²) in [6, 6.07) is 13.6. The third kappa shape index (κ3) is 5.58. The molecule has 1 N–H and O–H groups in total. The van der Waals surface area contributed by atoms with Gasteiger partial charge in [-0.1, -0.05) is 40.2 Å². The molecule has 0 spiro atoms. The summed E-state index contributed by atoms with van der Waals surface area (Å²) in [5.41, 5.74) is 2.82. The number of carbonyl (C=O) groups is 1. The average molecular weight is 485 g/mol. The van der Waals surface area contributed by atoms with Gasteiger partial charge in [0.15, 0.2) is 0 Å². The number of benzene rings is 2. The molecule has 7 nitrogen and oxygen atoms in total. The molecule has 162 valence electrons. The zero-order valence-electron chi connectivity index (χ0n) is 17.2. The second-order valence-corrected chi connectivity index (χ2v) is 8.50. The molecule has 0 atom stereocenters. The van der Waals surface area contributed by atoms with Crippen molar-refractivity contribution in [2.24, 2.45) is 0 Å².